The Bertz CT molecular complexity index is 1240. The Morgan fingerprint density at radius 1 is 0.617 bits per heavy atom. The Morgan fingerprint density at radius 2 is 0.936 bits per heavy atom. The first-order valence-electron chi connectivity index (χ1n) is 14.5. The van der Waals surface area contributed by atoms with Crippen LogP contribution in [0.4, 0.5) is 0 Å². The maximum absolute atomic E-state index is 13.2. The van der Waals surface area contributed by atoms with Gasteiger partial charge >= 0.3 is 0 Å². The first-order chi connectivity index (χ1) is 22.5. The van der Waals surface area contributed by atoms with E-state index in [1.54, 1.807) is 12.1 Å². The van der Waals surface area contributed by atoms with Crippen LogP contribution in [0.1, 0.15) is 20.7 Å². The van der Waals surface area contributed by atoms with E-state index in [4.69, 9.17) is 28.4 Å². The third kappa shape index (κ3) is 8.19. The van der Waals surface area contributed by atoms with Crippen molar-refractivity contribution >= 4 is 23.6 Å². The van der Waals surface area contributed by atoms with Gasteiger partial charge in [-0.25, -0.2) is 0 Å². The molecule has 4 rings (SSSR count). The van der Waals surface area contributed by atoms with E-state index in [0.717, 1.165) is 0 Å². The quantitative estimate of drug-likeness (QED) is 0.124. The van der Waals surface area contributed by atoms with Crippen LogP contribution < -0.4 is 29.6 Å². The summed E-state index contributed by atoms with van der Waals surface area (Å²) in [6.45, 7) is -1.39. The van der Waals surface area contributed by atoms with E-state index in [9.17, 15) is 40.2 Å². The molecule has 2 amide bonds. The van der Waals surface area contributed by atoms with Gasteiger partial charge in [-0.05, 0) is 24.3 Å². The molecule has 0 aromatic heterocycles. The fraction of sp³-hybridized carbons (Fsp3) is 0.533. The number of hydrogen-bond donors (Lipinski definition) is 8. The molecule has 2 heterocycles. The average Bonchev–Trinajstić information content (AvgIpc) is 3.09. The topological polar surface area (TPSA) is 235 Å². The van der Waals surface area contributed by atoms with Gasteiger partial charge in [0.05, 0.1) is 53.7 Å². The number of hydrogen-bond acceptors (Lipinski definition) is 15. The van der Waals surface area contributed by atoms with Crippen LogP contribution in [-0.4, -0.2) is 144 Å². The van der Waals surface area contributed by atoms with Crippen LogP contribution in [0.2, 0.25) is 0 Å². The minimum Gasteiger partial charge on any atom is -0.497 e. The predicted molar refractivity (Wildman–Crippen MR) is 165 cm³/mol. The highest BCUT2D eigenvalue weighted by atomic mass is 32.2. The molecule has 2 fully saturated rings. The lowest BCUT2D eigenvalue weighted by Gasteiger charge is -2.46. The largest absolute Gasteiger partial charge is 0.497 e. The van der Waals surface area contributed by atoms with Crippen LogP contribution in [0, 0.1) is 0 Å². The summed E-state index contributed by atoms with van der Waals surface area (Å²) >= 11 is 0.706. The number of carbonyl (C=O) groups excluding carboxylic acids is 2. The van der Waals surface area contributed by atoms with Crippen molar-refractivity contribution in [2.45, 2.75) is 59.6 Å². The zero-order chi connectivity index (χ0) is 34.4. The Labute approximate surface area is 274 Å². The third-order valence-electron chi connectivity index (χ3n) is 7.86. The Kier molecular flexibility index (Phi) is 12.5. The van der Waals surface area contributed by atoms with Crippen molar-refractivity contribution in [3.05, 3.63) is 47.5 Å². The number of nitrogens with one attached hydrogen (secondary N) is 2. The van der Waals surface area contributed by atoms with Crippen LogP contribution in [0.3, 0.4) is 0 Å². The lowest BCUT2D eigenvalue weighted by atomic mass is 9.96. The molecule has 0 bridgehead atoms. The van der Waals surface area contributed by atoms with Gasteiger partial charge in [-0.15, -0.1) is 0 Å². The summed E-state index contributed by atoms with van der Waals surface area (Å²) in [6, 6.07) is 6.06. The van der Waals surface area contributed by atoms with Gasteiger partial charge in [-0.2, -0.15) is 0 Å². The smallest absolute Gasteiger partial charge is 0.251 e. The van der Waals surface area contributed by atoms with Crippen molar-refractivity contribution in [3.8, 4) is 23.0 Å². The molecule has 0 spiro atoms. The van der Waals surface area contributed by atoms with Crippen molar-refractivity contribution in [1.82, 2.24) is 10.6 Å². The molecule has 2 aliphatic rings. The molecule has 2 aromatic rings. The molecule has 0 saturated carbocycles. The van der Waals surface area contributed by atoms with Gasteiger partial charge in [-0.3, -0.25) is 9.59 Å². The summed E-state index contributed by atoms with van der Waals surface area (Å²) in [4.78, 5) is 26.4. The molecule has 17 heteroatoms. The zero-order valence-electron chi connectivity index (χ0n) is 26.0. The standard InChI is InChI=1S/C30H40N2O14S/c1-41-15-5-13(6-16(9-15)42-2)27(39)31-21-23(35)19(11-33)45-29(25(21)37)47-30-26(38)22(24(36)20(12-34)46-30)32-28(40)14-7-17(43-3)10-18(8-14)44-4/h5-10,19-26,29-30,33-38H,11-12H2,1-4H3,(H,31,39)(H,32,40)/t19-,20-,21+,22+,23+,24+,25-,26-,29+,30+/m1/s1. The van der Waals surface area contributed by atoms with Gasteiger partial charge < -0.3 is 69.7 Å². The van der Waals surface area contributed by atoms with E-state index in [-0.39, 0.29) is 11.1 Å². The van der Waals surface area contributed by atoms with E-state index in [2.05, 4.69) is 10.6 Å². The molecule has 0 radical (unpaired) electrons. The SMILES string of the molecule is COc1cc(OC)cc(C(=O)N[C@H]2[C@@H](O)[C@@H](CO)O[C@@H](S[C@@H]3O[C@H](CO)[C@H](O)[C@H](NC(=O)c4cc(OC)cc(OC)c4)[C@H]3O)[C@@H]2O)c1. The number of ether oxygens (including phenoxy) is 6. The van der Waals surface area contributed by atoms with Crippen molar-refractivity contribution in [3.63, 3.8) is 0 Å². The second kappa shape index (κ2) is 16.1. The van der Waals surface area contributed by atoms with E-state index in [0.29, 0.717) is 34.8 Å². The highest BCUT2D eigenvalue weighted by Gasteiger charge is 2.50. The van der Waals surface area contributed by atoms with Crippen molar-refractivity contribution in [1.29, 1.82) is 0 Å². The van der Waals surface area contributed by atoms with Crippen LogP contribution in [0.25, 0.3) is 0 Å². The second-order valence-corrected chi connectivity index (χ2v) is 12.0. The lowest BCUT2D eigenvalue weighted by molar-refractivity contribution is -0.175. The van der Waals surface area contributed by atoms with Gasteiger partial charge in [-0.1, -0.05) is 11.8 Å². The molecular weight excluding hydrogens is 644 g/mol. The number of aliphatic hydroxyl groups excluding tert-OH is 6. The van der Waals surface area contributed by atoms with Crippen LogP contribution in [-0.2, 0) is 9.47 Å². The Balaban J connectivity index is 1.54. The molecule has 8 N–H and O–H groups in total. The molecule has 16 nitrogen and oxygen atoms in total. The Morgan fingerprint density at radius 3 is 1.21 bits per heavy atom. The van der Waals surface area contributed by atoms with E-state index >= 15 is 0 Å². The highest BCUT2D eigenvalue weighted by molar-refractivity contribution is 8.00. The monoisotopic (exact) mass is 684 g/mol. The minimum atomic E-state index is -1.62. The zero-order valence-corrected chi connectivity index (χ0v) is 26.8. The molecule has 2 saturated heterocycles. The summed E-state index contributed by atoms with van der Waals surface area (Å²) < 4.78 is 32.3. The fourth-order valence-electron chi connectivity index (χ4n) is 5.22. The summed E-state index contributed by atoms with van der Waals surface area (Å²) in [5.74, 6) is -0.133. The predicted octanol–water partition coefficient (Wildman–Crippen LogP) is -1.77. The van der Waals surface area contributed by atoms with Crippen LogP contribution in [0.15, 0.2) is 36.4 Å². The normalized spacial score (nSPS) is 30.6. The number of thioether (sulfide) groups is 1. The average molecular weight is 685 g/mol. The number of carbonyl (C=O) groups is 2. The summed E-state index contributed by atoms with van der Waals surface area (Å²) in [6.07, 6.45) is -8.92. The second-order valence-electron chi connectivity index (χ2n) is 10.8. The van der Waals surface area contributed by atoms with E-state index in [1.165, 1.54) is 52.7 Å². The molecule has 2 aliphatic heterocycles. The maximum Gasteiger partial charge on any atom is 0.251 e. The first kappa shape index (κ1) is 36.4. The van der Waals surface area contributed by atoms with E-state index in [1.807, 2.05) is 0 Å². The third-order valence-corrected chi connectivity index (χ3v) is 9.18. The molecule has 0 aliphatic carbocycles. The van der Waals surface area contributed by atoms with Crippen molar-refractivity contribution < 1.29 is 68.6 Å². The van der Waals surface area contributed by atoms with Crippen molar-refractivity contribution in [2.24, 2.45) is 0 Å². The highest BCUT2D eigenvalue weighted by Crippen LogP contribution is 2.37. The number of rotatable bonds is 12. The van der Waals surface area contributed by atoms with E-state index < -0.39 is 84.6 Å². The van der Waals surface area contributed by atoms with Crippen LogP contribution >= 0.6 is 11.8 Å². The number of methoxy groups -OCH3 is 4. The Hall–Kier alpha value is -3.39. The molecule has 2 aromatic carbocycles. The number of benzene rings is 2. The first-order valence-corrected chi connectivity index (χ1v) is 15.4. The molecular formula is C30H40N2O14S. The van der Waals surface area contributed by atoms with Gasteiger partial charge in [0, 0.05) is 23.3 Å². The number of amides is 2. The van der Waals surface area contributed by atoms with Crippen molar-refractivity contribution in [2.75, 3.05) is 41.7 Å². The summed E-state index contributed by atoms with van der Waals surface area (Å²) in [5.41, 5.74) is -2.47. The number of aliphatic hydroxyl groups is 6. The summed E-state index contributed by atoms with van der Waals surface area (Å²) in [5, 5.41) is 69.3. The maximum atomic E-state index is 13.2. The van der Waals surface area contributed by atoms with Crippen LogP contribution in [0.5, 0.6) is 23.0 Å². The molecule has 260 valence electrons. The van der Waals surface area contributed by atoms with Gasteiger partial charge in [0.25, 0.3) is 11.8 Å². The fourth-order valence-corrected chi connectivity index (χ4v) is 6.56. The van der Waals surface area contributed by atoms with Gasteiger partial charge in [0.15, 0.2) is 0 Å². The van der Waals surface area contributed by atoms with Gasteiger partial charge in [0.1, 0.15) is 70.5 Å². The molecule has 10 atom stereocenters. The lowest BCUT2D eigenvalue weighted by Crippen LogP contribution is -2.66. The molecule has 47 heavy (non-hydrogen) atoms. The summed E-state index contributed by atoms with van der Waals surface area (Å²) in [7, 11) is 5.63. The van der Waals surface area contributed by atoms with Gasteiger partial charge in [0.2, 0.25) is 0 Å². The minimum absolute atomic E-state index is 0.0925. The molecule has 0 unspecified atom stereocenters.